The Bertz CT molecular complexity index is 617. The summed E-state index contributed by atoms with van der Waals surface area (Å²) >= 11 is 6.14. The van der Waals surface area contributed by atoms with Crippen LogP contribution in [0.2, 0.25) is 5.02 Å². The van der Waals surface area contributed by atoms with E-state index in [1.54, 1.807) is 30.3 Å². The Morgan fingerprint density at radius 2 is 2.00 bits per heavy atom. The fourth-order valence-corrected chi connectivity index (χ4v) is 2.45. The summed E-state index contributed by atoms with van der Waals surface area (Å²) in [6.07, 6.45) is 0.755. The van der Waals surface area contributed by atoms with Crippen molar-refractivity contribution >= 4 is 11.6 Å². The number of benzene rings is 2. The molecule has 0 fully saturated rings. The van der Waals surface area contributed by atoms with E-state index in [9.17, 15) is 9.50 Å². The Balaban J connectivity index is 2.02. The molecule has 4 heteroatoms. The van der Waals surface area contributed by atoms with Crippen LogP contribution in [0.15, 0.2) is 42.5 Å². The zero-order valence-corrected chi connectivity index (χ0v) is 12.9. The number of likely N-dealkylation sites (N-methyl/N-ethyl adjacent to an activating group) is 1. The van der Waals surface area contributed by atoms with Crippen LogP contribution in [0.4, 0.5) is 4.39 Å². The van der Waals surface area contributed by atoms with Crippen LogP contribution in [0.3, 0.4) is 0 Å². The van der Waals surface area contributed by atoms with Crippen LogP contribution in [-0.4, -0.2) is 23.1 Å². The van der Waals surface area contributed by atoms with Gasteiger partial charge in [-0.3, -0.25) is 4.90 Å². The van der Waals surface area contributed by atoms with Gasteiger partial charge < -0.3 is 5.11 Å². The van der Waals surface area contributed by atoms with Gasteiger partial charge in [0.1, 0.15) is 11.6 Å². The fourth-order valence-electron chi connectivity index (χ4n) is 2.27. The van der Waals surface area contributed by atoms with E-state index < -0.39 is 0 Å². The third kappa shape index (κ3) is 4.45. The maximum atomic E-state index is 13.2. The first-order valence-electron chi connectivity index (χ1n) is 6.88. The van der Waals surface area contributed by atoms with Crippen molar-refractivity contribution in [2.45, 2.75) is 25.9 Å². The first-order valence-corrected chi connectivity index (χ1v) is 7.25. The smallest absolute Gasteiger partial charge is 0.123 e. The first kappa shape index (κ1) is 15.8. The van der Waals surface area contributed by atoms with Gasteiger partial charge in [0.2, 0.25) is 0 Å². The van der Waals surface area contributed by atoms with Crippen LogP contribution in [0.1, 0.15) is 18.1 Å². The lowest BCUT2D eigenvalue weighted by Gasteiger charge is -2.25. The van der Waals surface area contributed by atoms with Gasteiger partial charge in [0.25, 0.3) is 0 Å². The number of phenolic OH excluding ortho intramolecular Hbond substituents is 1. The number of aromatic hydroxyl groups is 1. The van der Waals surface area contributed by atoms with Crippen molar-refractivity contribution in [3.05, 3.63) is 64.4 Å². The quantitative estimate of drug-likeness (QED) is 0.892. The second-order valence-corrected chi connectivity index (χ2v) is 5.78. The molecular formula is C17H19ClFNO. The molecule has 0 aliphatic heterocycles. The summed E-state index contributed by atoms with van der Waals surface area (Å²) in [6.45, 7) is 2.71. The van der Waals surface area contributed by atoms with E-state index in [0.717, 1.165) is 17.5 Å². The predicted octanol–water partition coefficient (Wildman–Crippen LogP) is 4.25. The minimum atomic E-state index is -0.210. The molecule has 0 saturated heterocycles. The molecule has 2 rings (SSSR count). The SMILES string of the molecule is CC(Cc1cccc(F)c1)N(C)Cc1cc(O)ccc1Cl. The molecule has 1 unspecified atom stereocenters. The summed E-state index contributed by atoms with van der Waals surface area (Å²) in [6, 6.07) is 11.8. The molecule has 0 amide bonds. The van der Waals surface area contributed by atoms with Gasteiger partial charge in [-0.05, 0) is 61.9 Å². The molecule has 112 valence electrons. The van der Waals surface area contributed by atoms with Gasteiger partial charge in [-0.25, -0.2) is 4.39 Å². The Morgan fingerprint density at radius 1 is 1.24 bits per heavy atom. The van der Waals surface area contributed by atoms with E-state index in [1.165, 1.54) is 6.07 Å². The second-order valence-electron chi connectivity index (χ2n) is 5.37. The van der Waals surface area contributed by atoms with Crippen molar-refractivity contribution in [1.29, 1.82) is 0 Å². The summed E-state index contributed by atoms with van der Waals surface area (Å²) < 4.78 is 13.2. The highest BCUT2D eigenvalue weighted by Gasteiger charge is 2.13. The van der Waals surface area contributed by atoms with Crippen LogP contribution in [0.5, 0.6) is 5.75 Å². The third-order valence-corrected chi connectivity index (χ3v) is 3.99. The average Bonchev–Trinajstić information content (AvgIpc) is 2.43. The maximum Gasteiger partial charge on any atom is 0.123 e. The summed E-state index contributed by atoms with van der Waals surface area (Å²) in [7, 11) is 1.99. The molecule has 0 heterocycles. The highest BCUT2D eigenvalue weighted by molar-refractivity contribution is 6.31. The zero-order chi connectivity index (χ0) is 15.4. The van der Waals surface area contributed by atoms with Gasteiger partial charge in [0.05, 0.1) is 0 Å². The molecule has 2 aromatic rings. The van der Waals surface area contributed by atoms with Crippen molar-refractivity contribution in [3.8, 4) is 5.75 Å². The lowest BCUT2D eigenvalue weighted by Crippen LogP contribution is -2.30. The fraction of sp³-hybridized carbons (Fsp3) is 0.294. The molecule has 0 spiro atoms. The Kier molecular flexibility index (Phi) is 5.21. The number of halogens is 2. The summed E-state index contributed by atoms with van der Waals surface area (Å²) in [5.74, 6) is -0.000960. The topological polar surface area (TPSA) is 23.5 Å². The van der Waals surface area contributed by atoms with Crippen molar-refractivity contribution in [1.82, 2.24) is 4.90 Å². The average molecular weight is 308 g/mol. The molecule has 0 aliphatic carbocycles. The molecule has 21 heavy (non-hydrogen) atoms. The standard InChI is InChI=1S/C17H19ClFNO/c1-12(8-13-4-3-5-15(19)9-13)20(2)11-14-10-16(21)6-7-17(14)18/h3-7,9-10,12,21H,8,11H2,1-2H3. The first-order chi connectivity index (χ1) is 9.95. The van der Waals surface area contributed by atoms with Gasteiger partial charge in [-0.15, -0.1) is 0 Å². The van der Waals surface area contributed by atoms with Crippen LogP contribution in [-0.2, 0) is 13.0 Å². The molecule has 1 N–H and O–H groups in total. The third-order valence-electron chi connectivity index (χ3n) is 3.62. The van der Waals surface area contributed by atoms with Gasteiger partial charge >= 0.3 is 0 Å². The number of phenols is 1. The lowest BCUT2D eigenvalue weighted by molar-refractivity contribution is 0.247. The van der Waals surface area contributed by atoms with E-state index in [2.05, 4.69) is 11.8 Å². The number of hydrogen-bond acceptors (Lipinski definition) is 2. The molecular weight excluding hydrogens is 289 g/mol. The molecule has 0 radical (unpaired) electrons. The lowest BCUT2D eigenvalue weighted by atomic mass is 10.1. The summed E-state index contributed by atoms with van der Waals surface area (Å²) in [5.41, 5.74) is 1.85. The zero-order valence-electron chi connectivity index (χ0n) is 12.2. The Labute approximate surface area is 129 Å². The molecule has 0 aliphatic rings. The van der Waals surface area contributed by atoms with E-state index >= 15 is 0 Å². The van der Waals surface area contributed by atoms with E-state index in [4.69, 9.17) is 11.6 Å². The molecule has 0 bridgehead atoms. The monoisotopic (exact) mass is 307 g/mol. The van der Waals surface area contributed by atoms with E-state index in [0.29, 0.717) is 11.6 Å². The molecule has 1 atom stereocenters. The van der Waals surface area contributed by atoms with E-state index in [1.807, 2.05) is 13.1 Å². The van der Waals surface area contributed by atoms with Gasteiger partial charge in [-0.1, -0.05) is 23.7 Å². The van der Waals surface area contributed by atoms with Crippen molar-refractivity contribution in [2.24, 2.45) is 0 Å². The molecule has 2 aromatic carbocycles. The molecule has 0 aromatic heterocycles. The normalized spacial score (nSPS) is 12.6. The van der Waals surface area contributed by atoms with Gasteiger partial charge in [0, 0.05) is 17.6 Å². The number of hydrogen-bond donors (Lipinski definition) is 1. The Morgan fingerprint density at radius 3 is 2.71 bits per heavy atom. The molecule has 0 saturated carbocycles. The summed E-state index contributed by atoms with van der Waals surface area (Å²) in [5, 5.41) is 10.2. The minimum Gasteiger partial charge on any atom is -0.508 e. The van der Waals surface area contributed by atoms with Crippen molar-refractivity contribution in [2.75, 3.05) is 7.05 Å². The van der Waals surface area contributed by atoms with Gasteiger partial charge in [-0.2, -0.15) is 0 Å². The summed E-state index contributed by atoms with van der Waals surface area (Å²) in [4.78, 5) is 2.13. The minimum absolute atomic E-state index is 0.209. The number of nitrogens with zero attached hydrogens (tertiary/aromatic N) is 1. The number of rotatable bonds is 5. The highest BCUT2D eigenvalue weighted by Crippen LogP contribution is 2.23. The largest absolute Gasteiger partial charge is 0.508 e. The van der Waals surface area contributed by atoms with E-state index in [-0.39, 0.29) is 17.6 Å². The second kappa shape index (κ2) is 6.92. The van der Waals surface area contributed by atoms with Crippen molar-refractivity contribution in [3.63, 3.8) is 0 Å². The maximum absolute atomic E-state index is 13.2. The van der Waals surface area contributed by atoms with Crippen LogP contribution >= 0.6 is 11.6 Å². The van der Waals surface area contributed by atoms with Crippen LogP contribution in [0.25, 0.3) is 0 Å². The highest BCUT2D eigenvalue weighted by atomic mass is 35.5. The molecule has 2 nitrogen and oxygen atoms in total. The van der Waals surface area contributed by atoms with Crippen molar-refractivity contribution < 1.29 is 9.50 Å². The Hall–Kier alpha value is -1.58. The van der Waals surface area contributed by atoms with Crippen LogP contribution < -0.4 is 0 Å². The van der Waals surface area contributed by atoms with Gasteiger partial charge in [0.15, 0.2) is 0 Å². The predicted molar refractivity (Wildman–Crippen MR) is 84.1 cm³/mol. The van der Waals surface area contributed by atoms with Crippen LogP contribution in [0, 0.1) is 5.82 Å².